The predicted molar refractivity (Wildman–Crippen MR) is 83.4 cm³/mol. The summed E-state index contributed by atoms with van der Waals surface area (Å²) in [5.74, 6) is 0. The Kier molecular flexibility index (Phi) is 6.43. The molecule has 0 spiro atoms. The minimum atomic E-state index is -3.39. The zero-order valence-corrected chi connectivity index (χ0v) is 14.0. The summed E-state index contributed by atoms with van der Waals surface area (Å²) in [5.41, 5.74) is 0. The number of hydrogen-bond acceptors (Lipinski definition) is 4. The molecule has 0 saturated carbocycles. The van der Waals surface area contributed by atoms with E-state index in [0.29, 0.717) is 25.8 Å². The molecular formula is C14H29N3O3S. The summed E-state index contributed by atoms with van der Waals surface area (Å²) in [6.07, 6.45) is 4.53. The Hall–Kier alpha value is -0.210. The Morgan fingerprint density at radius 3 is 2.57 bits per heavy atom. The van der Waals surface area contributed by atoms with Crippen LogP contribution in [0, 0.1) is 0 Å². The molecule has 0 aromatic heterocycles. The van der Waals surface area contributed by atoms with Crippen LogP contribution < -0.4 is 10.0 Å². The first-order valence-corrected chi connectivity index (χ1v) is 9.53. The van der Waals surface area contributed by atoms with E-state index < -0.39 is 10.2 Å². The van der Waals surface area contributed by atoms with Gasteiger partial charge in [-0.3, -0.25) is 0 Å². The zero-order chi connectivity index (χ0) is 15.3. The second-order valence-electron chi connectivity index (χ2n) is 6.33. The molecule has 2 N–H and O–H groups in total. The van der Waals surface area contributed by atoms with E-state index in [2.05, 4.69) is 23.9 Å². The molecule has 0 aliphatic carbocycles. The number of nitrogens with zero attached hydrogens (tertiary/aromatic N) is 1. The van der Waals surface area contributed by atoms with Crippen LogP contribution in [0.15, 0.2) is 0 Å². The largest absolute Gasteiger partial charge is 0.381 e. The van der Waals surface area contributed by atoms with Crippen molar-refractivity contribution in [2.75, 3.05) is 26.3 Å². The smallest absolute Gasteiger partial charge is 0.279 e. The summed E-state index contributed by atoms with van der Waals surface area (Å²) in [7, 11) is -3.39. The van der Waals surface area contributed by atoms with Gasteiger partial charge in [0.15, 0.2) is 0 Å². The summed E-state index contributed by atoms with van der Waals surface area (Å²) in [4.78, 5) is 0. The van der Waals surface area contributed by atoms with Gasteiger partial charge in [-0.05, 0) is 25.7 Å². The molecule has 2 heterocycles. The van der Waals surface area contributed by atoms with Gasteiger partial charge in [0.1, 0.15) is 0 Å². The number of rotatable bonds is 6. The van der Waals surface area contributed by atoms with Crippen LogP contribution in [-0.4, -0.2) is 57.2 Å². The van der Waals surface area contributed by atoms with Gasteiger partial charge in [-0.15, -0.1) is 0 Å². The van der Waals surface area contributed by atoms with E-state index in [0.717, 1.165) is 38.6 Å². The lowest BCUT2D eigenvalue weighted by molar-refractivity contribution is 0.0824. The average molecular weight is 319 g/mol. The molecule has 1 atom stereocenters. The van der Waals surface area contributed by atoms with Gasteiger partial charge in [-0.2, -0.15) is 17.4 Å². The molecule has 2 aliphatic rings. The Bertz CT molecular complexity index is 408. The highest BCUT2D eigenvalue weighted by Gasteiger charge is 2.33. The average Bonchev–Trinajstić information content (AvgIpc) is 2.46. The molecule has 0 bridgehead atoms. The Morgan fingerprint density at radius 2 is 1.90 bits per heavy atom. The van der Waals surface area contributed by atoms with E-state index in [1.54, 1.807) is 4.31 Å². The van der Waals surface area contributed by atoms with E-state index in [1.165, 1.54) is 0 Å². The number of hydrogen-bond donors (Lipinski definition) is 2. The minimum absolute atomic E-state index is 0.0179. The molecular weight excluding hydrogens is 290 g/mol. The van der Waals surface area contributed by atoms with Crippen LogP contribution in [0.2, 0.25) is 0 Å². The van der Waals surface area contributed by atoms with Gasteiger partial charge in [-0.1, -0.05) is 20.3 Å². The summed E-state index contributed by atoms with van der Waals surface area (Å²) in [6, 6.07) is 0.461. The van der Waals surface area contributed by atoms with Gasteiger partial charge in [0.25, 0.3) is 10.2 Å². The fourth-order valence-electron chi connectivity index (χ4n) is 2.96. The SMILES string of the molecule is CC(C)NCC1CCCCN1S(=O)(=O)NC1CCOCC1. The van der Waals surface area contributed by atoms with Crippen molar-refractivity contribution < 1.29 is 13.2 Å². The first kappa shape index (κ1) is 17.1. The van der Waals surface area contributed by atoms with Gasteiger partial charge >= 0.3 is 0 Å². The van der Waals surface area contributed by atoms with Crippen molar-refractivity contribution in [3.63, 3.8) is 0 Å². The van der Waals surface area contributed by atoms with Crippen molar-refractivity contribution in [1.29, 1.82) is 0 Å². The molecule has 0 aromatic rings. The maximum Gasteiger partial charge on any atom is 0.279 e. The molecule has 0 aromatic carbocycles. The van der Waals surface area contributed by atoms with Crippen molar-refractivity contribution in [1.82, 2.24) is 14.3 Å². The molecule has 0 radical (unpaired) electrons. The quantitative estimate of drug-likeness (QED) is 0.761. The van der Waals surface area contributed by atoms with Crippen molar-refractivity contribution in [3.8, 4) is 0 Å². The third-order valence-electron chi connectivity index (χ3n) is 4.18. The maximum atomic E-state index is 12.7. The van der Waals surface area contributed by atoms with Gasteiger partial charge in [-0.25, -0.2) is 0 Å². The van der Waals surface area contributed by atoms with Crippen molar-refractivity contribution in [2.45, 2.75) is 64.1 Å². The second-order valence-corrected chi connectivity index (χ2v) is 7.99. The van der Waals surface area contributed by atoms with Gasteiger partial charge in [0.2, 0.25) is 0 Å². The van der Waals surface area contributed by atoms with Crippen LogP contribution in [0.3, 0.4) is 0 Å². The third kappa shape index (κ3) is 5.17. The zero-order valence-electron chi connectivity index (χ0n) is 13.2. The van der Waals surface area contributed by atoms with E-state index in [1.807, 2.05) is 0 Å². The van der Waals surface area contributed by atoms with Gasteiger partial charge in [0, 0.05) is 44.4 Å². The lowest BCUT2D eigenvalue weighted by Gasteiger charge is -2.36. The summed E-state index contributed by atoms with van der Waals surface area (Å²) >= 11 is 0. The van der Waals surface area contributed by atoms with Crippen LogP contribution in [0.4, 0.5) is 0 Å². The first-order valence-electron chi connectivity index (χ1n) is 8.09. The fraction of sp³-hybridized carbons (Fsp3) is 1.00. The van der Waals surface area contributed by atoms with Gasteiger partial charge < -0.3 is 10.1 Å². The highest BCUT2D eigenvalue weighted by molar-refractivity contribution is 7.87. The summed E-state index contributed by atoms with van der Waals surface area (Å²) < 4.78 is 35.1. The normalized spacial score (nSPS) is 26.3. The lowest BCUT2D eigenvalue weighted by Crippen LogP contribution is -2.55. The number of ether oxygens (including phenoxy) is 1. The molecule has 2 saturated heterocycles. The van der Waals surface area contributed by atoms with E-state index in [-0.39, 0.29) is 12.1 Å². The number of piperidine rings is 1. The minimum Gasteiger partial charge on any atom is -0.381 e. The molecule has 2 aliphatic heterocycles. The van der Waals surface area contributed by atoms with Crippen molar-refractivity contribution >= 4 is 10.2 Å². The Labute approximate surface area is 128 Å². The maximum absolute atomic E-state index is 12.7. The Balaban J connectivity index is 1.97. The Morgan fingerprint density at radius 1 is 1.19 bits per heavy atom. The fourth-order valence-corrected chi connectivity index (χ4v) is 4.69. The van der Waals surface area contributed by atoms with E-state index in [9.17, 15) is 8.42 Å². The van der Waals surface area contributed by atoms with Gasteiger partial charge in [0.05, 0.1) is 0 Å². The highest BCUT2D eigenvalue weighted by Crippen LogP contribution is 2.20. The molecule has 2 fully saturated rings. The number of nitrogens with one attached hydrogen (secondary N) is 2. The highest BCUT2D eigenvalue weighted by atomic mass is 32.2. The van der Waals surface area contributed by atoms with Crippen molar-refractivity contribution in [3.05, 3.63) is 0 Å². The topological polar surface area (TPSA) is 70.7 Å². The summed E-state index contributed by atoms with van der Waals surface area (Å²) in [6.45, 7) is 6.82. The monoisotopic (exact) mass is 319 g/mol. The van der Waals surface area contributed by atoms with Crippen LogP contribution in [0.25, 0.3) is 0 Å². The molecule has 1 unspecified atom stereocenters. The second kappa shape index (κ2) is 7.87. The lowest BCUT2D eigenvalue weighted by atomic mass is 10.0. The molecule has 124 valence electrons. The van der Waals surface area contributed by atoms with Crippen LogP contribution in [0.5, 0.6) is 0 Å². The predicted octanol–water partition coefficient (Wildman–Crippen LogP) is 0.852. The van der Waals surface area contributed by atoms with E-state index >= 15 is 0 Å². The van der Waals surface area contributed by atoms with E-state index in [4.69, 9.17) is 4.74 Å². The van der Waals surface area contributed by atoms with Crippen LogP contribution in [0.1, 0.15) is 46.0 Å². The molecule has 6 nitrogen and oxygen atoms in total. The third-order valence-corrected chi connectivity index (χ3v) is 5.91. The standard InChI is InChI=1S/C14H29N3O3S/c1-12(2)15-11-14-5-3-4-8-17(14)21(18,19)16-13-6-9-20-10-7-13/h12-16H,3-11H2,1-2H3. The molecule has 21 heavy (non-hydrogen) atoms. The molecule has 0 amide bonds. The summed E-state index contributed by atoms with van der Waals surface area (Å²) in [5, 5.41) is 3.37. The molecule has 7 heteroatoms. The first-order chi connectivity index (χ1) is 9.99. The van der Waals surface area contributed by atoms with Crippen LogP contribution >= 0.6 is 0 Å². The molecule has 2 rings (SSSR count). The van der Waals surface area contributed by atoms with Crippen molar-refractivity contribution in [2.24, 2.45) is 0 Å². The van der Waals surface area contributed by atoms with Crippen LogP contribution in [-0.2, 0) is 14.9 Å².